The highest BCUT2D eigenvalue weighted by Gasteiger charge is 2.24. The van der Waals surface area contributed by atoms with Crippen LogP contribution in [0.2, 0.25) is 0 Å². The highest BCUT2D eigenvalue weighted by Crippen LogP contribution is 2.23. The number of aliphatic carboxylic acids is 1. The molecule has 2 atom stereocenters. The number of carbonyl (C=O) groups excluding carboxylic acids is 1. The highest BCUT2D eigenvalue weighted by atomic mass is 16.4. The van der Waals surface area contributed by atoms with Gasteiger partial charge >= 0.3 is 5.97 Å². The van der Waals surface area contributed by atoms with Crippen LogP contribution in [0.4, 0.5) is 0 Å². The molecule has 0 saturated heterocycles. The van der Waals surface area contributed by atoms with Gasteiger partial charge in [0.25, 0.3) is 0 Å². The van der Waals surface area contributed by atoms with Gasteiger partial charge in [-0.1, -0.05) is 31.2 Å². The van der Waals surface area contributed by atoms with Crippen LogP contribution in [0.3, 0.4) is 0 Å². The molecule has 0 aliphatic heterocycles. The van der Waals surface area contributed by atoms with Crippen molar-refractivity contribution in [3.05, 3.63) is 35.4 Å². The molecule has 0 aliphatic carbocycles. The van der Waals surface area contributed by atoms with Crippen molar-refractivity contribution >= 4 is 11.9 Å². The first kappa shape index (κ1) is 15.2. The Balaban J connectivity index is 2.83. The van der Waals surface area contributed by atoms with Crippen LogP contribution in [0.5, 0.6) is 0 Å². The third-order valence-electron chi connectivity index (χ3n) is 3.27. The second kappa shape index (κ2) is 6.92. The monoisotopic (exact) mass is 263 g/mol. The summed E-state index contributed by atoms with van der Waals surface area (Å²) in [4.78, 5) is 23.2. The third kappa shape index (κ3) is 4.39. The zero-order chi connectivity index (χ0) is 14.4. The van der Waals surface area contributed by atoms with Crippen molar-refractivity contribution in [2.45, 2.75) is 45.6 Å². The smallest absolute Gasteiger partial charge is 0.311 e. The van der Waals surface area contributed by atoms with Gasteiger partial charge in [0.1, 0.15) is 0 Å². The maximum Gasteiger partial charge on any atom is 0.311 e. The van der Waals surface area contributed by atoms with Crippen molar-refractivity contribution in [1.82, 2.24) is 5.32 Å². The van der Waals surface area contributed by atoms with Gasteiger partial charge in [-0.15, -0.1) is 0 Å². The van der Waals surface area contributed by atoms with E-state index in [0.29, 0.717) is 5.56 Å². The summed E-state index contributed by atoms with van der Waals surface area (Å²) < 4.78 is 0. The van der Waals surface area contributed by atoms with E-state index in [4.69, 9.17) is 0 Å². The summed E-state index contributed by atoms with van der Waals surface area (Å²) in [6.07, 6.45) is 0.804. The van der Waals surface area contributed by atoms with Crippen LogP contribution in [0.25, 0.3) is 0 Å². The van der Waals surface area contributed by atoms with Crippen LogP contribution >= 0.6 is 0 Å². The Kier molecular flexibility index (Phi) is 5.55. The first-order chi connectivity index (χ1) is 8.95. The van der Waals surface area contributed by atoms with E-state index in [1.807, 2.05) is 32.9 Å². The van der Waals surface area contributed by atoms with E-state index in [1.54, 1.807) is 12.1 Å². The van der Waals surface area contributed by atoms with Crippen LogP contribution in [-0.2, 0) is 9.59 Å². The molecule has 19 heavy (non-hydrogen) atoms. The van der Waals surface area contributed by atoms with E-state index < -0.39 is 11.9 Å². The summed E-state index contributed by atoms with van der Waals surface area (Å²) >= 11 is 0. The van der Waals surface area contributed by atoms with Gasteiger partial charge in [0.15, 0.2) is 0 Å². The summed E-state index contributed by atoms with van der Waals surface area (Å²) in [6.45, 7) is 5.74. The van der Waals surface area contributed by atoms with Crippen LogP contribution in [0, 0.1) is 6.92 Å². The Morgan fingerprint density at radius 1 is 1.32 bits per heavy atom. The van der Waals surface area contributed by atoms with Gasteiger partial charge in [0.2, 0.25) is 5.91 Å². The van der Waals surface area contributed by atoms with Crippen molar-refractivity contribution in [1.29, 1.82) is 0 Å². The fourth-order valence-electron chi connectivity index (χ4n) is 1.93. The van der Waals surface area contributed by atoms with E-state index in [1.165, 1.54) is 0 Å². The minimum Gasteiger partial charge on any atom is -0.481 e. The van der Waals surface area contributed by atoms with Crippen LogP contribution < -0.4 is 5.32 Å². The maximum atomic E-state index is 11.8. The Hall–Kier alpha value is -1.84. The summed E-state index contributed by atoms with van der Waals surface area (Å²) in [5, 5.41) is 12.1. The standard InChI is InChI=1S/C15H21NO3/c1-4-11(3)16-14(17)9-13(15(18)19)12-8-6-5-7-10(12)2/h5-8,11,13H,4,9H2,1-3H3,(H,16,17)(H,18,19). The molecule has 0 saturated carbocycles. The summed E-state index contributed by atoms with van der Waals surface area (Å²) in [5.41, 5.74) is 1.60. The van der Waals surface area contributed by atoms with Crippen LogP contribution in [-0.4, -0.2) is 23.0 Å². The second-order valence-electron chi connectivity index (χ2n) is 4.83. The van der Waals surface area contributed by atoms with Crippen molar-refractivity contribution < 1.29 is 14.7 Å². The molecular weight excluding hydrogens is 242 g/mol. The van der Waals surface area contributed by atoms with Gasteiger partial charge in [0, 0.05) is 12.5 Å². The minimum absolute atomic E-state index is 0.0233. The molecule has 2 N–H and O–H groups in total. The molecule has 4 nitrogen and oxygen atoms in total. The average Bonchev–Trinajstić information content (AvgIpc) is 2.36. The predicted molar refractivity (Wildman–Crippen MR) is 74.1 cm³/mol. The zero-order valence-electron chi connectivity index (χ0n) is 11.6. The second-order valence-corrected chi connectivity index (χ2v) is 4.83. The van der Waals surface area contributed by atoms with Gasteiger partial charge in [0.05, 0.1) is 5.92 Å². The normalized spacial score (nSPS) is 13.6. The van der Waals surface area contributed by atoms with E-state index in [-0.39, 0.29) is 18.4 Å². The van der Waals surface area contributed by atoms with Crippen molar-refractivity contribution in [2.75, 3.05) is 0 Å². The maximum absolute atomic E-state index is 11.8. The molecular formula is C15H21NO3. The number of amides is 1. The van der Waals surface area contributed by atoms with Gasteiger partial charge < -0.3 is 10.4 Å². The average molecular weight is 263 g/mol. The van der Waals surface area contributed by atoms with E-state index >= 15 is 0 Å². The number of rotatable bonds is 6. The quantitative estimate of drug-likeness (QED) is 0.828. The molecule has 0 radical (unpaired) electrons. The number of carboxylic acid groups (broad SMARTS) is 1. The lowest BCUT2D eigenvalue weighted by molar-refractivity contribution is -0.141. The molecule has 4 heteroatoms. The number of carbonyl (C=O) groups is 2. The fraction of sp³-hybridized carbons (Fsp3) is 0.467. The summed E-state index contributed by atoms with van der Waals surface area (Å²) in [5.74, 6) is -1.97. The summed E-state index contributed by atoms with van der Waals surface area (Å²) in [7, 11) is 0. The number of hydrogen-bond acceptors (Lipinski definition) is 2. The number of nitrogens with one attached hydrogen (secondary N) is 1. The molecule has 0 fully saturated rings. The van der Waals surface area contributed by atoms with Crippen molar-refractivity contribution in [3.8, 4) is 0 Å². The first-order valence-corrected chi connectivity index (χ1v) is 6.53. The molecule has 1 rings (SSSR count). The lowest BCUT2D eigenvalue weighted by Crippen LogP contribution is -2.34. The van der Waals surface area contributed by atoms with Gasteiger partial charge in [-0.05, 0) is 31.4 Å². The molecule has 1 aromatic carbocycles. The molecule has 0 aliphatic rings. The van der Waals surface area contributed by atoms with E-state index in [2.05, 4.69) is 5.32 Å². The molecule has 1 aromatic rings. The number of aryl methyl sites for hydroxylation is 1. The lowest BCUT2D eigenvalue weighted by Gasteiger charge is -2.17. The molecule has 0 heterocycles. The van der Waals surface area contributed by atoms with E-state index in [9.17, 15) is 14.7 Å². The van der Waals surface area contributed by atoms with Crippen LogP contribution in [0.1, 0.15) is 43.7 Å². The highest BCUT2D eigenvalue weighted by molar-refractivity contribution is 5.86. The molecule has 2 unspecified atom stereocenters. The first-order valence-electron chi connectivity index (χ1n) is 6.53. The predicted octanol–water partition coefficient (Wildman–Crippen LogP) is 2.47. The van der Waals surface area contributed by atoms with Crippen molar-refractivity contribution in [3.63, 3.8) is 0 Å². The molecule has 0 bridgehead atoms. The zero-order valence-corrected chi connectivity index (χ0v) is 11.6. The molecule has 0 spiro atoms. The minimum atomic E-state index is -0.964. The molecule has 0 aromatic heterocycles. The Labute approximate surface area is 113 Å². The van der Waals surface area contributed by atoms with Gasteiger partial charge in [-0.25, -0.2) is 0 Å². The van der Waals surface area contributed by atoms with Gasteiger partial charge in [-0.3, -0.25) is 9.59 Å². The van der Waals surface area contributed by atoms with Crippen LogP contribution in [0.15, 0.2) is 24.3 Å². The fourth-order valence-corrected chi connectivity index (χ4v) is 1.93. The Morgan fingerprint density at radius 2 is 1.95 bits per heavy atom. The number of carboxylic acids is 1. The molecule has 1 amide bonds. The van der Waals surface area contributed by atoms with Gasteiger partial charge in [-0.2, -0.15) is 0 Å². The van der Waals surface area contributed by atoms with Crippen molar-refractivity contribution in [2.24, 2.45) is 0 Å². The largest absolute Gasteiger partial charge is 0.481 e. The number of benzene rings is 1. The summed E-state index contributed by atoms with van der Waals surface area (Å²) in [6, 6.07) is 7.35. The molecule has 104 valence electrons. The third-order valence-corrected chi connectivity index (χ3v) is 3.27. The Bertz CT molecular complexity index is 456. The topological polar surface area (TPSA) is 66.4 Å². The Morgan fingerprint density at radius 3 is 2.47 bits per heavy atom. The lowest BCUT2D eigenvalue weighted by atomic mass is 9.92. The van der Waals surface area contributed by atoms with E-state index in [0.717, 1.165) is 12.0 Å². The SMILES string of the molecule is CCC(C)NC(=O)CC(C(=O)O)c1ccccc1C. The number of hydrogen-bond donors (Lipinski definition) is 2.